The summed E-state index contributed by atoms with van der Waals surface area (Å²) in [7, 11) is 0. The third-order valence-electron chi connectivity index (χ3n) is 3.00. The van der Waals surface area contributed by atoms with Crippen LogP contribution < -0.4 is 5.32 Å². The van der Waals surface area contributed by atoms with Crippen LogP contribution in [0.1, 0.15) is 10.4 Å². The molecule has 0 spiro atoms. The molecular formula is C14H12Cl3NO3. The fourth-order valence-corrected chi connectivity index (χ4v) is 2.49. The smallest absolute Gasteiger partial charge is 0.206 e. The maximum atomic E-state index is 12.0. The summed E-state index contributed by atoms with van der Waals surface area (Å²) >= 11 is 17.4. The van der Waals surface area contributed by atoms with Crippen molar-refractivity contribution in [3.05, 3.63) is 57.7 Å². The molecule has 7 heteroatoms. The van der Waals surface area contributed by atoms with Gasteiger partial charge in [-0.2, -0.15) is 0 Å². The Morgan fingerprint density at radius 2 is 1.90 bits per heavy atom. The Kier molecular flexibility index (Phi) is 4.96. The van der Waals surface area contributed by atoms with Crippen molar-refractivity contribution < 1.29 is 15.0 Å². The minimum atomic E-state index is -2.16. The molecule has 0 aliphatic heterocycles. The molecule has 21 heavy (non-hydrogen) atoms. The number of rotatable bonds is 4. The van der Waals surface area contributed by atoms with Gasteiger partial charge in [-0.3, -0.25) is 4.79 Å². The Labute approximate surface area is 136 Å². The molecule has 0 aromatic heterocycles. The number of nitrogens with one attached hydrogen (secondary N) is 1. The second-order valence-electron chi connectivity index (χ2n) is 4.47. The lowest BCUT2D eigenvalue weighted by molar-refractivity contribution is 0.0405. The standard InChI is InChI=1S/C14H12Cl3NO3/c15-11-6-9(12(16)13(20)14(11,17)21)18-7-10(19)8-4-2-1-3-5-8/h1-6,13,18,20-21H,7H2. The molecule has 1 aliphatic rings. The Bertz CT molecular complexity index is 611. The van der Waals surface area contributed by atoms with Gasteiger partial charge < -0.3 is 15.5 Å². The third kappa shape index (κ3) is 3.42. The van der Waals surface area contributed by atoms with E-state index in [1.54, 1.807) is 24.3 Å². The van der Waals surface area contributed by atoms with E-state index in [-0.39, 0.29) is 28.1 Å². The number of hydrogen-bond donors (Lipinski definition) is 3. The molecule has 0 radical (unpaired) electrons. The summed E-state index contributed by atoms with van der Waals surface area (Å²) in [5.74, 6) is -0.154. The first-order chi connectivity index (χ1) is 9.84. The zero-order chi connectivity index (χ0) is 15.6. The van der Waals surface area contributed by atoms with Crippen LogP contribution in [0.4, 0.5) is 0 Å². The van der Waals surface area contributed by atoms with Gasteiger partial charge in [0, 0.05) is 5.56 Å². The van der Waals surface area contributed by atoms with Crippen molar-refractivity contribution >= 4 is 40.6 Å². The monoisotopic (exact) mass is 347 g/mol. The van der Waals surface area contributed by atoms with Crippen molar-refractivity contribution in [3.63, 3.8) is 0 Å². The van der Waals surface area contributed by atoms with Crippen LogP contribution in [0.25, 0.3) is 0 Å². The Morgan fingerprint density at radius 1 is 1.29 bits per heavy atom. The van der Waals surface area contributed by atoms with E-state index in [1.165, 1.54) is 6.08 Å². The summed E-state index contributed by atoms with van der Waals surface area (Å²) < 4.78 is 0. The van der Waals surface area contributed by atoms with E-state index < -0.39 is 11.2 Å². The molecule has 0 saturated carbocycles. The lowest BCUT2D eigenvalue weighted by atomic mass is 10.0. The van der Waals surface area contributed by atoms with Crippen molar-refractivity contribution in [1.82, 2.24) is 5.32 Å². The second-order valence-corrected chi connectivity index (χ2v) is 5.86. The molecular weight excluding hydrogens is 337 g/mol. The van der Waals surface area contributed by atoms with E-state index in [4.69, 9.17) is 34.8 Å². The van der Waals surface area contributed by atoms with Gasteiger partial charge in [0.2, 0.25) is 5.06 Å². The van der Waals surface area contributed by atoms with Gasteiger partial charge in [-0.15, -0.1) is 0 Å². The van der Waals surface area contributed by atoms with Crippen LogP contribution in [0.15, 0.2) is 52.2 Å². The van der Waals surface area contributed by atoms with Crippen LogP contribution in [-0.4, -0.2) is 33.7 Å². The van der Waals surface area contributed by atoms with Gasteiger partial charge in [0.25, 0.3) is 0 Å². The first-order valence-corrected chi connectivity index (χ1v) is 7.16. The molecule has 0 saturated heterocycles. The van der Waals surface area contributed by atoms with Gasteiger partial charge in [-0.25, -0.2) is 0 Å². The number of aliphatic hydroxyl groups is 2. The minimum absolute atomic E-state index is 0.0380. The predicted octanol–water partition coefficient (Wildman–Crippen LogP) is 2.33. The van der Waals surface area contributed by atoms with Crippen molar-refractivity contribution in [3.8, 4) is 0 Å². The topological polar surface area (TPSA) is 69.6 Å². The van der Waals surface area contributed by atoms with E-state index in [0.717, 1.165) is 0 Å². The molecule has 0 fully saturated rings. The van der Waals surface area contributed by atoms with Gasteiger partial charge in [0.15, 0.2) is 5.78 Å². The molecule has 0 amide bonds. The van der Waals surface area contributed by atoms with E-state index >= 15 is 0 Å². The van der Waals surface area contributed by atoms with Crippen LogP contribution in [0.5, 0.6) is 0 Å². The van der Waals surface area contributed by atoms with Crippen molar-refractivity contribution in [2.45, 2.75) is 11.2 Å². The average Bonchev–Trinajstić information content (AvgIpc) is 2.48. The van der Waals surface area contributed by atoms with Crippen LogP contribution in [-0.2, 0) is 0 Å². The highest BCUT2D eigenvalue weighted by molar-refractivity contribution is 6.41. The zero-order valence-corrected chi connectivity index (χ0v) is 13.0. The normalized spacial score (nSPS) is 25.6. The van der Waals surface area contributed by atoms with E-state index in [1.807, 2.05) is 6.07 Å². The average molecular weight is 349 g/mol. The molecule has 2 atom stereocenters. The molecule has 1 aromatic rings. The minimum Gasteiger partial charge on any atom is -0.383 e. The first kappa shape index (κ1) is 16.3. The van der Waals surface area contributed by atoms with E-state index in [0.29, 0.717) is 5.56 Å². The summed E-state index contributed by atoms with van der Waals surface area (Å²) in [5, 5.41) is 19.9. The lowest BCUT2D eigenvalue weighted by Gasteiger charge is -2.30. The largest absolute Gasteiger partial charge is 0.383 e. The van der Waals surface area contributed by atoms with E-state index in [9.17, 15) is 15.0 Å². The quantitative estimate of drug-likeness (QED) is 0.577. The van der Waals surface area contributed by atoms with Gasteiger partial charge in [-0.05, 0) is 6.08 Å². The van der Waals surface area contributed by atoms with Crippen LogP contribution in [0.3, 0.4) is 0 Å². The number of aliphatic hydroxyl groups excluding tert-OH is 1. The number of carbonyl (C=O) groups excluding carboxylic acids is 1. The maximum absolute atomic E-state index is 12.0. The number of ketones is 1. The zero-order valence-electron chi connectivity index (χ0n) is 10.7. The number of hydrogen-bond acceptors (Lipinski definition) is 4. The highest BCUT2D eigenvalue weighted by Gasteiger charge is 2.42. The van der Waals surface area contributed by atoms with Gasteiger partial charge in [-0.1, -0.05) is 65.1 Å². The number of carbonyl (C=O) groups is 1. The third-order valence-corrected chi connectivity index (χ3v) is 4.32. The molecule has 0 bridgehead atoms. The Hall–Kier alpha value is -1.04. The van der Waals surface area contributed by atoms with Crippen molar-refractivity contribution in [2.24, 2.45) is 0 Å². The molecule has 1 aliphatic carbocycles. The van der Waals surface area contributed by atoms with Crippen molar-refractivity contribution in [2.75, 3.05) is 6.54 Å². The summed E-state index contributed by atoms with van der Waals surface area (Å²) in [5.41, 5.74) is 0.783. The highest BCUT2D eigenvalue weighted by atomic mass is 35.5. The molecule has 112 valence electrons. The predicted molar refractivity (Wildman–Crippen MR) is 82.4 cm³/mol. The number of alkyl halides is 1. The first-order valence-electron chi connectivity index (χ1n) is 6.03. The van der Waals surface area contributed by atoms with Gasteiger partial charge in [0.1, 0.15) is 6.10 Å². The number of halogens is 3. The fraction of sp³-hybridized carbons (Fsp3) is 0.214. The molecule has 1 aromatic carbocycles. The SMILES string of the molecule is O=C(CNC1=C(Cl)C(O)C(O)(Cl)C(Cl)=C1)c1ccccc1. The molecule has 0 heterocycles. The number of Topliss-reactive ketones (excluding diaryl/α,β-unsaturated/α-hetero) is 1. The van der Waals surface area contributed by atoms with Gasteiger partial charge in [0.05, 0.1) is 22.3 Å². The van der Waals surface area contributed by atoms with E-state index in [2.05, 4.69) is 5.32 Å². The Morgan fingerprint density at radius 3 is 2.52 bits per heavy atom. The fourth-order valence-electron chi connectivity index (χ4n) is 1.78. The summed E-state index contributed by atoms with van der Waals surface area (Å²) in [6.45, 7) is -0.0380. The summed E-state index contributed by atoms with van der Waals surface area (Å²) in [6, 6.07) is 8.71. The number of benzene rings is 1. The molecule has 2 rings (SSSR count). The van der Waals surface area contributed by atoms with Crippen LogP contribution >= 0.6 is 34.8 Å². The second kappa shape index (κ2) is 6.38. The maximum Gasteiger partial charge on any atom is 0.206 e. The van der Waals surface area contributed by atoms with Gasteiger partial charge >= 0.3 is 0 Å². The van der Waals surface area contributed by atoms with Crippen molar-refractivity contribution in [1.29, 1.82) is 0 Å². The van der Waals surface area contributed by atoms with Crippen LogP contribution in [0.2, 0.25) is 0 Å². The summed E-state index contributed by atoms with van der Waals surface area (Å²) in [6.07, 6.45) is -0.297. The molecule has 2 unspecified atom stereocenters. The van der Waals surface area contributed by atoms with Crippen LogP contribution in [0, 0.1) is 0 Å². The summed E-state index contributed by atoms with van der Waals surface area (Å²) in [4.78, 5) is 12.0. The molecule has 3 N–H and O–H groups in total. The Balaban J connectivity index is 2.10. The lowest BCUT2D eigenvalue weighted by Crippen LogP contribution is -2.41. The molecule has 4 nitrogen and oxygen atoms in total. The number of allylic oxidation sites excluding steroid dienone is 1. The highest BCUT2D eigenvalue weighted by Crippen LogP contribution is 2.39.